The molecule has 2 atom stereocenters. The summed E-state index contributed by atoms with van der Waals surface area (Å²) in [5.41, 5.74) is -0.634. The molecule has 1 heterocycles. The SMILES string of the molecule is CC1C=C(OCCN2CCN(C)CC2)C(NC(=O)C2(C)CC([N+](=O)[O-])=CC=C2Cl)=CC1. The highest BCUT2D eigenvalue weighted by molar-refractivity contribution is 6.32. The Kier molecular flexibility index (Phi) is 7.56. The van der Waals surface area contributed by atoms with Crippen LogP contribution in [0.1, 0.15) is 26.7 Å². The highest BCUT2D eigenvalue weighted by atomic mass is 35.5. The molecule has 3 aliphatic rings. The van der Waals surface area contributed by atoms with E-state index >= 15 is 0 Å². The molecule has 2 aliphatic carbocycles. The summed E-state index contributed by atoms with van der Waals surface area (Å²) in [4.78, 5) is 28.5. The second kappa shape index (κ2) is 9.97. The van der Waals surface area contributed by atoms with Crippen molar-refractivity contribution in [2.45, 2.75) is 26.7 Å². The maximum Gasteiger partial charge on any atom is 0.247 e. The number of halogens is 1. The van der Waals surface area contributed by atoms with E-state index in [2.05, 4.69) is 29.1 Å². The van der Waals surface area contributed by atoms with Crippen LogP contribution in [0.15, 0.2) is 46.5 Å². The number of rotatable bonds is 7. The van der Waals surface area contributed by atoms with Crippen molar-refractivity contribution < 1.29 is 14.5 Å². The van der Waals surface area contributed by atoms with Crippen molar-refractivity contribution in [2.75, 3.05) is 46.4 Å². The predicted molar refractivity (Wildman–Crippen MR) is 120 cm³/mol. The molecule has 1 N–H and O–H groups in total. The normalized spacial score (nSPS) is 27.5. The molecule has 31 heavy (non-hydrogen) atoms. The fourth-order valence-corrected chi connectivity index (χ4v) is 4.06. The maximum atomic E-state index is 13.1. The number of carbonyl (C=O) groups excluding carboxylic acids is 1. The second-order valence-electron chi connectivity index (χ2n) is 8.75. The molecule has 8 nitrogen and oxygen atoms in total. The van der Waals surface area contributed by atoms with Crippen LogP contribution in [0.25, 0.3) is 0 Å². The third-order valence-electron chi connectivity index (χ3n) is 6.12. The lowest BCUT2D eigenvalue weighted by Crippen LogP contribution is -2.45. The van der Waals surface area contributed by atoms with Crippen LogP contribution in [-0.4, -0.2) is 67.0 Å². The third kappa shape index (κ3) is 5.75. The van der Waals surface area contributed by atoms with Gasteiger partial charge >= 0.3 is 0 Å². The Hall–Kier alpha value is -2.16. The Morgan fingerprint density at radius 3 is 2.74 bits per heavy atom. The summed E-state index contributed by atoms with van der Waals surface area (Å²) in [7, 11) is 2.13. The Morgan fingerprint density at radius 2 is 2.06 bits per heavy atom. The number of ether oxygens (including phenoxy) is 1. The second-order valence-corrected chi connectivity index (χ2v) is 9.16. The summed E-state index contributed by atoms with van der Waals surface area (Å²) in [6.45, 7) is 9.21. The molecule has 0 bridgehead atoms. The summed E-state index contributed by atoms with van der Waals surface area (Å²) in [5.74, 6) is 0.568. The molecule has 0 radical (unpaired) electrons. The van der Waals surface area contributed by atoms with E-state index in [0.717, 1.165) is 39.1 Å². The minimum absolute atomic E-state index is 0.0347. The fourth-order valence-electron chi connectivity index (χ4n) is 3.85. The Morgan fingerprint density at radius 1 is 1.35 bits per heavy atom. The number of carbonyl (C=O) groups is 1. The van der Waals surface area contributed by atoms with Gasteiger partial charge in [-0.2, -0.15) is 0 Å². The standard InChI is InChI=1S/C22H31ClN4O4/c1-16-4-6-18(19(14-16)31-13-12-26-10-8-25(3)9-11-26)24-21(28)22(2)15-17(27(29)30)5-7-20(22)23/h5-7,14,16H,4,8-13,15H2,1-3H3,(H,24,28). The molecule has 0 spiro atoms. The quantitative estimate of drug-likeness (QED) is 0.474. The lowest BCUT2D eigenvalue weighted by Gasteiger charge is -2.33. The third-order valence-corrected chi connectivity index (χ3v) is 6.67. The molecule has 1 saturated heterocycles. The van der Waals surface area contributed by atoms with Gasteiger partial charge in [0.1, 0.15) is 12.4 Å². The lowest BCUT2D eigenvalue weighted by atomic mass is 9.80. The number of likely N-dealkylation sites (N-methyl/N-ethyl adjacent to an activating group) is 1. The lowest BCUT2D eigenvalue weighted by molar-refractivity contribution is -0.429. The Bertz CT molecular complexity index is 842. The molecule has 1 aliphatic heterocycles. The van der Waals surface area contributed by atoms with E-state index in [1.54, 1.807) is 6.92 Å². The highest BCUT2D eigenvalue weighted by Crippen LogP contribution is 2.40. The average molecular weight is 451 g/mol. The molecule has 1 fully saturated rings. The molecule has 1 amide bonds. The van der Waals surface area contributed by atoms with Crippen LogP contribution in [0.5, 0.6) is 0 Å². The Labute approximate surface area is 188 Å². The van der Waals surface area contributed by atoms with E-state index in [1.807, 2.05) is 12.2 Å². The average Bonchev–Trinajstić information content (AvgIpc) is 2.73. The first-order valence-corrected chi connectivity index (χ1v) is 11.1. The number of nitrogens with one attached hydrogen (secondary N) is 1. The number of piperazine rings is 1. The summed E-state index contributed by atoms with van der Waals surface area (Å²) < 4.78 is 6.06. The summed E-state index contributed by atoms with van der Waals surface area (Å²) in [6, 6.07) is 0. The molecule has 0 saturated carbocycles. The molecule has 0 aromatic carbocycles. The van der Waals surface area contributed by atoms with Gasteiger partial charge in [-0.25, -0.2) is 0 Å². The molecule has 0 aromatic rings. The smallest absolute Gasteiger partial charge is 0.247 e. The van der Waals surface area contributed by atoms with Gasteiger partial charge in [-0.3, -0.25) is 19.8 Å². The van der Waals surface area contributed by atoms with Crippen LogP contribution < -0.4 is 5.32 Å². The van der Waals surface area contributed by atoms with Crippen molar-refractivity contribution in [1.82, 2.24) is 15.1 Å². The van der Waals surface area contributed by atoms with Crippen molar-refractivity contribution in [2.24, 2.45) is 11.3 Å². The number of nitrogens with zero attached hydrogens (tertiary/aromatic N) is 3. The van der Waals surface area contributed by atoms with E-state index in [9.17, 15) is 14.9 Å². The summed E-state index contributed by atoms with van der Waals surface area (Å²) in [5, 5.41) is 14.4. The number of hydrogen-bond acceptors (Lipinski definition) is 6. The maximum absolute atomic E-state index is 13.1. The first-order chi connectivity index (χ1) is 14.7. The molecule has 9 heteroatoms. The van der Waals surface area contributed by atoms with Gasteiger partial charge < -0.3 is 15.0 Å². The van der Waals surface area contributed by atoms with Crippen LogP contribution >= 0.6 is 11.6 Å². The van der Waals surface area contributed by atoms with E-state index in [-0.39, 0.29) is 23.1 Å². The van der Waals surface area contributed by atoms with Crippen LogP contribution in [0.4, 0.5) is 0 Å². The topological polar surface area (TPSA) is 88.0 Å². The van der Waals surface area contributed by atoms with Gasteiger partial charge in [0.15, 0.2) is 0 Å². The number of hydrogen-bond donors (Lipinski definition) is 1. The van der Waals surface area contributed by atoms with Gasteiger partial charge in [0, 0.05) is 43.8 Å². The Balaban J connectivity index is 1.62. The fraction of sp³-hybridized carbons (Fsp3) is 0.591. The molecule has 170 valence electrons. The van der Waals surface area contributed by atoms with Crippen molar-refractivity contribution in [3.8, 4) is 0 Å². The van der Waals surface area contributed by atoms with Crippen LogP contribution in [0.2, 0.25) is 0 Å². The molecule has 2 unspecified atom stereocenters. The number of amides is 1. The number of nitro groups is 1. The molecular weight excluding hydrogens is 420 g/mol. The molecular formula is C22H31ClN4O4. The predicted octanol–water partition coefficient (Wildman–Crippen LogP) is 2.87. The zero-order valence-corrected chi connectivity index (χ0v) is 19.2. The van der Waals surface area contributed by atoms with Gasteiger partial charge in [-0.15, -0.1) is 0 Å². The van der Waals surface area contributed by atoms with E-state index < -0.39 is 10.3 Å². The van der Waals surface area contributed by atoms with E-state index in [4.69, 9.17) is 16.3 Å². The number of allylic oxidation sites excluding steroid dienone is 5. The van der Waals surface area contributed by atoms with Gasteiger partial charge in [-0.1, -0.05) is 24.6 Å². The largest absolute Gasteiger partial charge is 0.490 e. The van der Waals surface area contributed by atoms with Gasteiger partial charge in [0.25, 0.3) is 0 Å². The zero-order chi connectivity index (χ0) is 22.6. The molecule has 3 rings (SSSR count). The van der Waals surface area contributed by atoms with Crippen LogP contribution in [-0.2, 0) is 9.53 Å². The monoisotopic (exact) mass is 450 g/mol. The van der Waals surface area contributed by atoms with Crippen molar-refractivity contribution in [1.29, 1.82) is 0 Å². The van der Waals surface area contributed by atoms with Crippen molar-refractivity contribution >= 4 is 17.5 Å². The highest BCUT2D eigenvalue weighted by Gasteiger charge is 2.43. The van der Waals surface area contributed by atoms with Gasteiger partial charge in [-0.05, 0) is 38.5 Å². The molecule has 0 aromatic heterocycles. The van der Waals surface area contributed by atoms with Crippen molar-refractivity contribution in [3.05, 3.63) is 56.6 Å². The summed E-state index contributed by atoms with van der Waals surface area (Å²) in [6.07, 6.45) is 7.47. The van der Waals surface area contributed by atoms with Crippen LogP contribution in [0, 0.1) is 21.4 Å². The van der Waals surface area contributed by atoms with Crippen LogP contribution in [0.3, 0.4) is 0 Å². The van der Waals surface area contributed by atoms with Gasteiger partial charge in [0.05, 0.1) is 22.5 Å². The summed E-state index contributed by atoms with van der Waals surface area (Å²) >= 11 is 6.30. The van der Waals surface area contributed by atoms with E-state index in [0.29, 0.717) is 24.0 Å². The van der Waals surface area contributed by atoms with Crippen molar-refractivity contribution in [3.63, 3.8) is 0 Å². The van der Waals surface area contributed by atoms with E-state index in [1.165, 1.54) is 12.2 Å². The minimum Gasteiger partial charge on any atom is -0.490 e. The minimum atomic E-state index is -1.20. The first kappa shape index (κ1) is 23.5. The first-order valence-electron chi connectivity index (χ1n) is 10.7. The zero-order valence-electron chi connectivity index (χ0n) is 18.4. The van der Waals surface area contributed by atoms with Gasteiger partial charge in [0.2, 0.25) is 11.6 Å².